The number of amides is 1. The maximum atomic E-state index is 11.6. The van der Waals surface area contributed by atoms with E-state index in [9.17, 15) is 14.4 Å². The van der Waals surface area contributed by atoms with E-state index in [0.717, 1.165) is 0 Å². The number of carboxylic acids is 1. The van der Waals surface area contributed by atoms with Gasteiger partial charge in [0.1, 0.15) is 6.61 Å². The number of nitrogens with one attached hydrogen (secondary N) is 1. The number of aliphatic carboxylic acids is 1. The molecule has 0 spiro atoms. The summed E-state index contributed by atoms with van der Waals surface area (Å²) in [5.74, 6) is -1.64. The van der Waals surface area contributed by atoms with Crippen molar-refractivity contribution in [2.75, 3.05) is 39.6 Å². The molecule has 1 rings (SSSR count). The van der Waals surface area contributed by atoms with Crippen LogP contribution < -0.4 is 5.32 Å². The van der Waals surface area contributed by atoms with Crippen LogP contribution in [0.1, 0.15) is 29.6 Å². The Morgan fingerprint density at radius 1 is 0.885 bits per heavy atom. The molecule has 26 heavy (non-hydrogen) atoms. The van der Waals surface area contributed by atoms with Crippen molar-refractivity contribution in [2.45, 2.75) is 19.3 Å². The highest BCUT2D eigenvalue weighted by Gasteiger charge is 2.05. The average Bonchev–Trinajstić information content (AvgIpc) is 2.64. The summed E-state index contributed by atoms with van der Waals surface area (Å²) < 4.78 is 15.7. The molecule has 0 radical (unpaired) electrons. The van der Waals surface area contributed by atoms with E-state index in [-0.39, 0.29) is 31.3 Å². The Morgan fingerprint density at radius 2 is 1.54 bits per heavy atom. The van der Waals surface area contributed by atoms with Crippen LogP contribution in [0.4, 0.5) is 0 Å². The van der Waals surface area contributed by atoms with Gasteiger partial charge in [-0.1, -0.05) is 18.2 Å². The van der Waals surface area contributed by atoms with Crippen molar-refractivity contribution < 1.29 is 33.7 Å². The van der Waals surface area contributed by atoms with E-state index in [1.54, 1.807) is 24.3 Å². The fourth-order valence-electron chi connectivity index (χ4n) is 1.88. The van der Waals surface area contributed by atoms with Crippen molar-refractivity contribution in [3.63, 3.8) is 0 Å². The van der Waals surface area contributed by atoms with Crippen LogP contribution in [0.25, 0.3) is 0 Å². The van der Waals surface area contributed by atoms with Crippen molar-refractivity contribution in [3.05, 3.63) is 35.9 Å². The number of esters is 1. The molecule has 0 aliphatic heterocycles. The van der Waals surface area contributed by atoms with Crippen LogP contribution in [-0.4, -0.2) is 62.5 Å². The van der Waals surface area contributed by atoms with E-state index in [0.29, 0.717) is 45.0 Å². The van der Waals surface area contributed by atoms with Gasteiger partial charge in [-0.2, -0.15) is 0 Å². The lowest BCUT2D eigenvalue weighted by Crippen LogP contribution is -2.25. The van der Waals surface area contributed by atoms with E-state index in [1.165, 1.54) is 0 Å². The highest BCUT2D eigenvalue weighted by molar-refractivity contribution is 5.89. The summed E-state index contributed by atoms with van der Waals surface area (Å²) >= 11 is 0. The highest BCUT2D eigenvalue weighted by atomic mass is 16.6. The highest BCUT2D eigenvalue weighted by Crippen LogP contribution is 2.00. The molecule has 0 fully saturated rings. The maximum Gasteiger partial charge on any atom is 0.338 e. The number of rotatable bonds is 14. The van der Waals surface area contributed by atoms with E-state index >= 15 is 0 Å². The zero-order chi connectivity index (χ0) is 19.0. The molecule has 1 aromatic carbocycles. The summed E-state index contributed by atoms with van der Waals surface area (Å²) in [5, 5.41) is 11.1. The Bertz CT molecular complexity index is 548. The molecule has 0 saturated carbocycles. The molecule has 0 aromatic heterocycles. The lowest BCUT2D eigenvalue weighted by atomic mass is 10.2. The third-order valence-electron chi connectivity index (χ3n) is 3.20. The molecule has 0 unspecified atom stereocenters. The molecule has 1 amide bonds. The van der Waals surface area contributed by atoms with Gasteiger partial charge in [0, 0.05) is 19.6 Å². The normalized spacial score (nSPS) is 10.3. The van der Waals surface area contributed by atoms with Gasteiger partial charge >= 0.3 is 11.9 Å². The standard InChI is InChI=1S/C18H25NO7/c20-16(7-8-17(21)22)19-9-4-10-24-11-12-25-13-14-26-18(23)15-5-2-1-3-6-15/h1-3,5-6H,4,7-14H2,(H,19,20)(H,21,22). The molecule has 1 aromatic rings. The fraction of sp³-hybridized carbons (Fsp3) is 0.500. The van der Waals surface area contributed by atoms with E-state index in [2.05, 4.69) is 5.32 Å². The Hall–Kier alpha value is -2.45. The molecule has 0 heterocycles. The van der Waals surface area contributed by atoms with E-state index in [4.69, 9.17) is 19.3 Å². The van der Waals surface area contributed by atoms with E-state index < -0.39 is 5.97 Å². The number of hydrogen-bond donors (Lipinski definition) is 2. The Labute approximate surface area is 152 Å². The van der Waals surface area contributed by atoms with Gasteiger partial charge in [0.25, 0.3) is 0 Å². The molecule has 0 atom stereocenters. The predicted molar refractivity (Wildman–Crippen MR) is 92.9 cm³/mol. The maximum absolute atomic E-state index is 11.6. The summed E-state index contributed by atoms with van der Waals surface area (Å²) in [7, 11) is 0. The van der Waals surface area contributed by atoms with Crippen molar-refractivity contribution in [1.82, 2.24) is 5.32 Å². The van der Waals surface area contributed by atoms with Crippen LogP contribution >= 0.6 is 0 Å². The molecule has 8 nitrogen and oxygen atoms in total. The second-order valence-electron chi connectivity index (χ2n) is 5.32. The third kappa shape index (κ3) is 11.2. The molecule has 0 aliphatic rings. The average molecular weight is 367 g/mol. The lowest BCUT2D eigenvalue weighted by Gasteiger charge is -2.07. The molecule has 0 saturated heterocycles. The second-order valence-corrected chi connectivity index (χ2v) is 5.32. The molecule has 144 valence electrons. The van der Waals surface area contributed by atoms with Crippen molar-refractivity contribution >= 4 is 17.8 Å². The lowest BCUT2D eigenvalue weighted by molar-refractivity contribution is -0.138. The Morgan fingerprint density at radius 3 is 2.23 bits per heavy atom. The second kappa shape index (κ2) is 13.8. The molecular weight excluding hydrogens is 342 g/mol. The molecular formula is C18H25NO7. The number of ether oxygens (including phenoxy) is 3. The van der Waals surface area contributed by atoms with Gasteiger partial charge in [0.05, 0.1) is 31.8 Å². The van der Waals surface area contributed by atoms with Crippen molar-refractivity contribution in [1.29, 1.82) is 0 Å². The van der Waals surface area contributed by atoms with Crippen molar-refractivity contribution in [3.8, 4) is 0 Å². The SMILES string of the molecule is O=C(O)CCC(=O)NCCCOCCOCCOC(=O)c1ccccc1. The van der Waals surface area contributed by atoms with Gasteiger partial charge in [-0.05, 0) is 18.6 Å². The first-order valence-electron chi connectivity index (χ1n) is 8.45. The smallest absolute Gasteiger partial charge is 0.338 e. The minimum absolute atomic E-state index is 0.0150. The van der Waals surface area contributed by atoms with Crippen LogP contribution in [0, 0.1) is 0 Å². The van der Waals surface area contributed by atoms with Crippen LogP contribution in [0.5, 0.6) is 0 Å². The van der Waals surface area contributed by atoms with Gasteiger partial charge in [-0.3, -0.25) is 9.59 Å². The molecule has 2 N–H and O–H groups in total. The minimum Gasteiger partial charge on any atom is -0.481 e. The van der Waals surface area contributed by atoms with Crippen LogP contribution in [0.2, 0.25) is 0 Å². The first kappa shape index (κ1) is 21.6. The predicted octanol–water partition coefficient (Wildman–Crippen LogP) is 1.25. The monoisotopic (exact) mass is 367 g/mol. The summed E-state index contributed by atoms with van der Waals surface area (Å²) in [6.07, 6.45) is 0.451. The number of carboxylic acid groups (broad SMARTS) is 1. The van der Waals surface area contributed by atoms with Crippen LogP contribution in [0.15, 0.2) is 30.3 Å². The minimum atomic E-state index is -0.988. The van der Waals surface area contributed by atoms with E-state index in [1.807, 2.05) is 6.07 Å². The van der Waals surface area contributed by atoms with Crippen LogP contribution in [-0.2, 0) is 23.8 Å². The first-order chi connectivity index (χ1) is 12.6. The first-order valence-corrected chi connectivity index (χ1v) is 8.45. The van der Waals surface area contributed by atoms with Gasteiger partial charge in [0.15, 0.2) is 0 Å². The zero-order valence-corrected chi connectivity index (χ0v) is 14.6. The fourth-order valence-corrected chi connectivity index (χ4v) is 1.88. The van der Waals surface area contributed by atoms with Gasteiger partial charge in [-0.25, -0.2) is 4.79 Å². The van der Waals surface area contributed by atoms with Gasteiger partial charge in [0.2, 0.25) is 5.91 Å². The quantitative estimate of drug-likeness (QED) is 0.376. The number of hydrogen-bond acceptors (Lipinski definition) is 6. The third-order valence-corrected chi connectivity index (χ3v) is 3.20. The topological polar surface area (TPSA) is 111 Å². The largest absolute Gasteiger partial charge is 0.481 e. The van der Waals surface area contributed by atoms with Crippen molar-refractivity contribution in [2.24, 2.45) is 0 Å². The zero-order valence-electron chi connectivity index (χ0n) is 14.6. The van der Waals surface area contributed by atoms with Crippen LogP contribution in [0.3, 0.4) is 0 Å². The summed E-state index contributed by atoms with van der Waals surface area (Å²) in [5.41, 5.74) is 0.505. The summed E-state index contributed by atoms with van der Waals surface area (Å²) in [6, 6.07) is 8.74. The summed E-state index contributed by atoms with van der Waals surface area (Å²) in [6.45, 7) is 2.16. The van der Waals surface area contributed by atoms with Gasteiger partial charge in [-0.15, -0.1) is 0 Å². The molecule has 8 heteroatoms. The van der Waals surface area contributed by atoms with Gasteiger partial charge < -0.3 is 24.6 Å². The number of carbonyl (C=O) groups excluding carboxylic acids is 2. The molecule has 0 aliphatic carbocycles. The Balaban J connectivity index is 1.86. The molecule has 0 bridgehead atoms. The number of benzene rings is 1. The Kier molecular flexibility index (Phi) is 11.5. The number of carbonyl (C=O) groups is 3. The summed E-state index contributed by atoms with van der Waals surface area (Å²) in [4.78, 5) is 33.2.